The monoisotopic (exact) mass is 392 g/mol. The van der Waals surface area contributed by atoms with E-state index in [9.17, 15) is 25.8 Å². The van der Waals surface area contributed by atoms with E-state index in [0.29, 0.717) is 6.07 Å². The van der Waals surface area contributed by atoms with Gasteiger partial charge in [0.1, 0.15) is 9.13 Å². The fraction of sp³-hybridized carbons (Fsp3) is 0.111. The molecule has 0 amide bonds. The van der Waals surface area contributed by atoms with Gasteiger partial charge in [0.05, 0.1) is 5.56 Å². The van der Waals surface area contributed by atoms with Crippen LogP contribution in [0.1, 0.15) is 20.7 Å². The van der Waals surface area contributed by atoms with Crippen LogP contribution in [0.4, 0.5) is 13.2 Å². The van der Waals surface area contributed by atoms with Gasteiger partial charge in [-0.25, -0.2) is 9.59 Å². The first-order valence-electron chi connectivity index (χ1n) is 4.33. The summed E-state index contributed by atoms with van der Waals surface area (Å²) in [5.41, 5.74) is -1.60. The van der Waals surface area contributed by atoms with Gasteiger partial charge in [-0.2, -0.15) is 0 Å². The van der Waals surface area contributed by atoms with Gasteiger partial charge < -0.3 is 14.9 Å². The summed E-state index contributed by atoms with van der Waals surface area (Å²) in [5, 5.41) is 17.5. The van der Waals surface area contributed by atoms with Crippen LogP contribution in [0.15, 0.2) is 12.1 Å². The quantitative estimate of drug-likeness (QED) is 0.764. The third kappa shape index (κ3) is 3.62. The van der Waals surface area contributed by atoms with Gasteiger partial charge >= 0.3 is 18.3 Å². The van der Waals surface area contributed by atoms with Gasteiger partial charge in [-0.3, -0.25) is 3.07 Å². The molecule has 0 bridgehead atoms. The minimum absolute atomic E-state index is 0.649. The summed E-state index contributed by atoms with van der Waals surface area (Å²) in [6, 6.07) is 1.41. The van der Waals surface area contributed by atoms with Crippen LogP contribution < -0.4 is 4.74 Å². The molecular weight excluding hydrogens is 388 g/mol. The molecule has 0 aliphatic heterocycles. The lowest BCUT2D eigenvalue weighted by Crippen LogP contribution is -2.21. The third-order valence-electron chi connectivity index (χ3n) is 1.85. The van der Waals surface area contributed by atoms with Crippen molar-refractivity contribution in [1.82, 2.24) is 0 Å². The lowest BCUT2D eigenvalue weighted by molar-refractivity contribution is -0.275. The molecule has 6 nitrogen and oxygen atoms in total. The summed E-state index contributed by atoms with van der Waals surface area (Å²) in [4.78, 5) is 21.5. The molecule has 0 aliphatic carbocycles. The van der Waals surface area contributed by atoms with Crippen molar-refractivity contribution in [2.75, 3.05) is 0 Å². The summed E-state index contributed by atoms with van der Waals surface area (Å²) in [6.07, 6.45) is -5.23. The van der Waals surface area contributed by atoms with E-state index >= 15 is 0 Å². The van der Waals surface area contributed by atoms with E-state index in [-0.39, 0.29) is 0 Å². The first kappa shape index (κ1) is 15.3. The number of rotatable bonds is 4. The van der Waals surface area contributed by atoms with Crippen molar-refractivity contribution in [1.29, 1.82) is 0 Å². The number of hydrogen-bond donors (Lipinski definition) is 2. The molecule has 1 aromatic carbocycles. The topological polar surface area (TPSA) is 101 Å². The highest BCUT2D eigenvalue weighted by atomic mass is 127. The van der Waals surface area contributed by atoms with E-state index in [2.05, 4.69) is 4.74 Å². The summed E-state index contributed by atoms with van der Waals surface area (Å²) < 4.78 is 50.2. The van der Waals surface area contributed by atoms with Crippen LogP contribution in [-0.4, -0.2) is 28.5 Å². The summed E-state index contributed by atoms with van der Waals surface area (Å²) >= 11 is -2.38. The minimum atomic E-state index is -5.23. The molecule has 0 heterocycles. The van der Waals surface area contributed by atoms with Crippen molar-refractivity contribution in [2.45, 2.75) is 6.36 Å². The molecule has 0 aliphatic rings. The van der Waals surface area contributed by atoms with Crippen LogP contribution in [0.3, 0.4) is 0 Å². The van der Waals surface area contributed by atoms with Crippen molar-refractivity contribution < 1.29 is 40.8 Å². The molecule has 1 aromatic rings. The Balaban J connectivity index is 3.59. The van der Waals surface area contributed by atoms with Crippen molar-refractivity contribution >= 4 is 33.1 Å². The maximum absolute atomic E-state index is 12.2. The fourth-order valence-corrected chi connectivity index (χ4v) is 2.43. The van der Waals surface area contributed by atoms with E-state index < -0.39 is 59.9 Å². The average molecular weight is 392 g/mol. The predicted octanol–water partition coefficient (Wildman–Crippen LogP) is 2.47. The Labute approximate surface area is 113 Å². The smallest absolute Gasteiger partial charge is 0.478 e. The van der Waals surface area contributed by atoms with E-state index in [1.165, 1.54) is 0 Å². The molecule has 0 saturated heterocycles. The Morgan fingerprint density at radius 1 is 1.11 bits per heavy atom. The number of halogens is 4. The number of carboxylic acids is 2. The second kappa shape index (κ2) is 5.50. The van der Waals surface area contributed by atoms with Gasteiger partial charge in [0.25, 0.3) is 0 Å². The maximum atomic E-state index is 12.2. The van der Waals surface area contributed by atoms with Crippen LogP contribution in [0, 0.1) is 3.57 Å². The Hall–Kier alpha value is -1.72. The second-order valence-corrected chi connectivity index (χ2v) is 4.56. The first-order chi connectivity index (χ1) is 8.67. The zero-order valence-corrected chi connectivity index (χ0v) is 10.9. The molecule has 0 atom stereocenters. The lowest BCUT2D eigenvalue weighted by atomic mass is 10.1. The van der Waals surface area contributed by atoms with Crippen LogP contribution in [-0.2, 0) is 3.07 Å². The summed E-state index contributed by atoms with van der Waals surface area (Å²) in [5.74, 6) is -4.63. The molecule has 1 rings (SSSR count). The largest absolute Gasteiger partial charge is 0.573 e. The fourth-order valence-electron chi connectivity index (χ4n) is 1.18. The molecule has 0 radical (unpaired) electrons. The maximum Gasteiger partial charge on any atom is 0.573 e. The number of alkyl halides is 3. The molecular formula is C9H4F3IO6. The Morgan fingerprint density at radius 2 is 1.58 bits per heavy atom. The van der Waals surface area contributed by atoms with Crippen LogP contribution >= 0.6 is 21.2 Å². The van der Waals surface area contributed by atoms with E-state index in [4.69, 9.17) is 10.2 Å². The molecule has 0 unspecified atom stereocenters. The van der Waals surface area contributed by atoms with E-state index in [0.717, 1.165) is 6.07 Å². The second-order valence-electron chi connectivity index (χ2n) is 3.04. The van der Waals surface area contributed by atoms with E-state index in [1.54, 1.807) is 0 Å². The minimum Gasteiger partial charge on any atom is -0.478 e. The van der Waals surface area contributed by atoms with Crippen LogP contribution in [0.5, 0.6) is 5.75 Å². The van der Waals surface area contributed by atoms with Crippen molar-refractivity contribution in [3.63, 3.8) is 0 Å². The van der Waals surface area contributed by atoms with Crippen molar-refractivity contribution in [2.24, 2.45) is 0 Å². The Kier molecular flexibility index (Phi) is 4.44. The van der Waals surface area contributed by atoms with Crippen molar-refractivity contribution in [3.8, 4) is 5.75 Å². The zero-order chi connectivity index (χ0) is 14.8. The molecule has 19 heavy (non-hydrogen) atoms. The Morgan fingerprint density at radius 3 is 1.95 bits per heavy atom. The molecule has 10 heteroatoms. The number of carbonyl (C=O) groups is 2. The first-order valence-corrected chi connectivity index (χ1v) is 6.29. The number of hydrogen-bond acceptors (Lipinski definition) is 4. The summed E-state index contributed by atoms with van der Waals surface area (Å²) in [6.45, 7) is 0. The van der Waals surface area contributed by atoms with Gasteiger partial charge in [0, 0.05) is 0 Å². The molecule has 2 N–H and O–H groups in total. The third-order valence-corrected chi connectivity index (χ3v) is 3.36. The SMILES string of the molecule is O=Ic1c(C(=O)O)ccc(C(=O)O)c1OC(F)(F)F. The molecule has 0 aromatic heterocycles. The number of ether oxygens (including phenoxy) is 1. The highest BCUT2D eigenvalue weighted by Gasteiger charge is 2.36. The van der Waals surface area contributed by atoms with Gasteiger partial charge in [-0.1, -0.05) is 0 Å². The van der Waals surface area contributed by atoms with Crippen LogP contribution in [0.25, 0.3) is 0 Å². The molecule has 0 fully saturated rings. The zero-order valence-electron chi connectivity index (χ0n) is 8.69. The average Bonchev–Trinajstić information content (AvgIpc) is 2.25. The lowest BCUT2D eigenvalue weighted by Gasteiger charge is -2.13. The number of benzene rings is 1. The highest BCUT2D eigenvalue weighted by molar-refractivity contribution is 14.1. The van der Waals surface area contributed by atoms with E-state index in [1.807, 2.05) is 0 Å². The summed E-state index contributed by atoms with van der Waals surface area (Å²) in [7, 11) is 0. The number of carboxylic acid groups (broad SMARTS) is 2. The van der Waals surface area contributed by atoms with Gasteiger partial charge in [-0.15, -0.1) is 13.2 Å². The highest BCUT2D eigenvalue weighted by Crippen LogP contribution is 2.35. The number of aromatic carboxylic acids is 2. The van der Waals surface area contributed by atoms with Crippen molar-refractivity contribution in [3.05, 3.63) is 26.8 Å². The predicted molar refractivity (Wildman–Crippen MR) is 60.4 cm³/mol. The standard InChI is InChI=1S/C9H4F3IO6/c10-9(11,12)19-6-4(8(16)17)2-1-3(7(14)15)5(6)13-18/h1-2H,(H,14,15)(H,16,17). The van der Waals surface area contributed by atoms with Gasteiger partial charge in [-0.05, 0) is 12.1 Å². The van der Waals surface area contributed by atoms with Gasteiger partial charge in [0.2, 0.25) is 0 Å². The molecule has 0 saturated carbocycles. The molecule has 104 valence electrons. The Bertz CT molecular complexity index is 554. The van der Waals surface area contributed by atoms with Crippen LogP contribution in [0.2, 0.25) is 0 Å². The normalized spacial score (nSPS) is 11.1. The molecule has 0 spiro atoms. The van der Waals surface area contributed by atoms with Gasteiger partial charge in [0.15, 0.2) is 26.9 Å².